The highest BCUT2D eigenvalue weighted by molar-refractivity contribution is 5.35. The Bertz CT molecular complexity index is 331. The highest BCUT2D eigenvalue weighted by atomic mass is 16.5. The van der Waals surface area contributed by atoms with Crippen molar-refractivity contribution in [3.8, 4) is 5.75 Å². The van der Waals surface area contributed by atoms with Gasteiger partial charge in [0.1, 0.15) is 5.75 Å². The van der Waals surface area contributed by atoms with E-state index in [-0.39, 0.29) is 6.10 Å². The highest BCUT2D eigenvalue weighted by Crippen LogP contribution is 2.26. The molecule has 1 atom stereocenters. The molecule has 0 amide bonds. The van der Waals surface area contributed by atoms with Crippen molar-refractivity contribution >= 4 is 0 Å². The van der Waals surface area contributed by atoms with Crippen molar-refractivity contribution in [2.75, 3.05) is 40.5 Å². The molecule has 0 aromatic heterocycles. The fourth-order valence-corrected chi connectivity index (χ4v) is 1.77. The average Bonchev–Trinajstić information content (AvgIpc) is 2.42. The van der Waals surface area contributed by atoms with E-state index in [1.54, 1.807) is 7.11 Å². The van der Waals surface area contributed by atoms with Gasteiger partial charge in [0.25, 0.3) is 0 Å². The Labute approximate surface area is 109 Å². The minimum Gasteiger partial charge on any atom is -0.496 e. The lowest BCUT2D eigenvalue weighted by Gasteiger charge is -2.20. The van der Waals surface area contributed by atoms with Crippen molar-refractivity contribution < 1.29 is 14.2 Å². The maximum atomic E-state index is 5.85. The summed E-state index contributed by atoms with van der Waals surface area (Å²) >= 11 is 0. The van der Waals surface area contributed by atoms with Gasteiger partial charge in [0.2, 0.25) is 0 Å². The van der Waals surface area contributed by atoms with Gasteiger partial charge in [0.15, 0.2) is 0 Å². The SMILES string of the molecule is CCOCCOC(CNC)c1ccccc1OC. The van der Waals surface area contributed by atoms with Gasteiger partial charge in [-0.2, -0.15) is 0 Å². The fraction of sp³-hybridized carbons (Fsp3) is 0.571. The lowest BCUT2D eigenvalue weighted by Crippen LogP contribution is -2.21. The Morgan fingerprint density at radius 2 is 2.00 bits per heavy atom. The van der Waals surface area contributed by atoms with Crippen LogP contribution in [0.4, 0.5) is 0 Å². The Morgan fingerprint density at radius 1 is 1.22 bits per heavy atom. The second-order valence-electron chi connectivity index (χ2n) is 3.86. The monoisotopic (exact) mass is 253 g/mol. The quantitative estimate of drug-likeness (QED) is 0.683. The lowest BCUT2D eigenvalue weighted by molar-refractivity contribution is 0.00671. The third kappa shape index (κ3) is 4.64. The van der Waals surface area contributed by atoms with Crippen LogP contribution in [-0.2, 0) is 9.47 Å². The van der Waals surface area contributed by atoms with Gasteiger partial charge in [-0.1, -0.05) is 18.2 Å². The van der Waals surface area contributed by atoms with Gasteiger partial charge in [0.05, 0.1) is 26.4 Å². The molecule has 1 aromatic carbocycles. The minimum atomic E-state index is -0.0217. The van der Waals surface area contributed by atoms with Gasteiger partial charge in [-0.3, -0.25) is 0 Å². The summed E-state index contributed by atoms with van der Waals surface area (Å²) in [5.74, 6) is 0.856. The van der Waals surface area contributed by atoms with Crippen LogP contribution >= 0.6 is 0 Å². The molecule has 0 spiro atoms. The smallest absolute Gasteiger partial charge is 0.124 e. The average molecular weight is 253 g/mol. The third-order valence-electron chi connectivity index (χ3n) is 2.63. The van der Waals surface area contributed by atoms with Crippen LogP contribution in [0.25, 0.3) is 0 Å². The van der Waals surface area contributed by atoms with E-state index in [2.05, 4.69) is 5.32 Å². The Hall–Kier alpha value is -1.10. The van der Waals surface area contributed by atoms with Crippen molar-refractivity contribution in [1.82, 2.24) is 5.32 Å². The Balaban J connectivity index is 2.64. The second-order valence-corrected chi connectivity index (χ2v) is 3.86. The molecule has 1 N–H and O–H groups in total. The van der Waals surface area contributed by atoms with Crippen LogP contribution in [0.5, 0.6) is 5.75 Å². The molecular formula is C14H23NO3. The van der Waals surface area contributed by atoms with Gasteiger partial charge in [-0.15, -0.1) is 0 Å². The topological polar surface area (TPSA) is 39.7 Å². The van der Waals surface area contributed by atoms with Crippen molar-refractivity contribution in [3.63, 3.8) is 0 Å². The Kier molecular flexibility index (Phi) is 7.41. The van der Waals surface area contributed by atoms with Crippen molar-refractivity contribution in [2.24, 2.45) is 0 Å². The molecule has 18 heavy (non-hydrogen) atoms. The Morgan fingerprint density at radius 3 is 2.67 bits per heavy atom. The number of benzene rings is 1. The van der Waals surface area contributed by atoms with Gasteiger partial charge >= 0.3 is 0 Å². The normalized spacial score (nSPS) is 12.4. The van der Waals surface area contributed by atoms with E-state index in [9.17, 15) is 0 Å². The fourth-order valence-electron chi connectivity index (χ4n) is 1.77. The summed E-state index contributed by atoms with van der Waals surface area (Å²) in [6.07, 6.45) is -0.0217. The molecule has 0 bridgehead atoms. The van der Waals surface area contributed by atoms with Crippen molar-refractivity contribution in [1.29, 1.82) is 0 Å². The number of rotatable bonds is 9. The van der Waals surface area contributed by atoms with Crippen LogP contribution in [0.1, 0.15) is 18.6 Å². The van der Waals surface area contributed by atoms with Crippen LogP contribution in [0.2, 0.25) is 0 Å². The standard InChI is InChI=1S/C14H23NO3/c1-4-17-9-10-18-14(11-15-2)12-7-5-6-8-13(12)16-3/h5-8,14-15H,4,9-11H2,1-3H3. The van der Waals surface area contributed by atoms with Gasteiger partial charge in [-0.05, 0) is 20.0 Å². The molecule has 4 nitrogen and oxygen atoms in total. The first-order valence-electron chi connectivity index (χ1n) is 6.30. The zero-order chi connectivity index (χ0) is 13.2. The lowest BCUT2D eigenvalue weighted by atomic mass is 10.1. The molecule has 1 unspecified atom stereocenters. The molecule has 0 saturated heterocycles. The molecule has 102 valence electrons. The summed E-state index contributed by atoms with van der Waals surface area (Å²) in [5.41, 5.74) is 1.06. The van der Waals surface area contributed by atoms with Crippen LogP contribution in [0.3, 0.4) is 0 Å². The summed E-state index contributed by atoms with van der Waals surface area (Å²) in [7, 11) is 3.59. The van der Waals surface area contributed by atoms with E-state index in [4.69, 9.17) is 14.2 Å². The predicted molar refractivity (Wildman–Crippen MR) is 72.1 cm³/mol. The zero-order valence-electron chi connectivity index (χ0n) is 11.4. The van der Waals surface area contributed by atoms with Crippen molar-refractivity contribution in [3.05, 3.63) is 29.8 Å². The number of hydrogen-bond acceptors (Lipinski definition) is 4. The minimum absolute atomic E-state index is 0.0217. The van der Waals surface area contributed by atoms with E-state index < -0.39 is 0 Å². The summed E-state index contributed by atoms with van der Waals surface area (Å²) in [6, 6.07) is 7.93. The molecule has 1 aromatic rings. The predicted octanol–water partition coefficient (Wildman–Crippen LogP) is 2.01. The van der Waals surface area contributed by atoms with E-state index in [1.807, 2.05) is 38.2 Å². The molecule has 0 aliphatic rings. The number of methoxy groups -OCH3 is 1. The van der Waals surface area contributed by atoms with Crippen LogP contribution in [-0.4, -0.2) is 40.5 Å². The summed E-state index contributed by atoms with van der Waals surface area (Å²) in [5, 5.41) is 3.14. The molecule has 4 heteroatoms. The molecule has 0 saturated carbocycles. The molecule has 0 radical (unpaired) electrons. The van der Waals surface area contributed by atoms with E-state index in [1.165, 1.54) is 0 Å². The number of para-hydroxylation sites is 1. The van der Waals surface area contributed by atoms with E-state index in [0.717, 1.165) is 17.9 Å². The molecule has 0 fully saturated rings. The molecule has 0 aliphatic carbocycles. The molecule has 1 rings (SSSR count). The molecule has 0 aliphatic heterocycles. The molecular weight excluding hydrogens is 230 g/mol. The highest BCUT2D eigenvalue weighted by Gasteiger charge is 2.15. The zero-order valence-corrected chi connectivity index (χ0v) is 11.4. The number of likely N-dealkylation sites (N-methyl/N-ethyl adjacent to an activating group) is 1. The summed E-state index contributed by atoms with van der Waals surface area (Å²) < 4.78 is 16.5. The number of nitrogens with one attached hydrogen (secondary N) is 1. The first kappa shape index (κ1) is 15.0. The number of ether oxygens (including phenoxy) is 3. The van der Waals surface area contributed by atoms with E-state index in [0.29, 0.717) is 19.8 Å². The van der Waals surface area contributed by atoms with E-state index >= 15 is 0 Å². The number of hydrogen-bond donors (Lipinski definition) is 1. The summed E-state index contributed by atoms with van der Waals surface area (Å²) in [6.45, 7) is 4.64. The van der Waals surface area contributed by atoms with Crippen molar-refractivity contribution in [2.45, 2.75) is 13.0 Å². The first-order chi connectivity index (χ1) is 8.83. The summed E-state index contributed by atoms with van der Waals surface area (Å²) in [4.78, 5) is 0. The first-order valence-corrected chi connectivity index (χ1v) is 6.30. The molecule has 0 heterocycles. The van der Waals surface area contributed by atoms with Crippen LogP contribution < -0.4 is 10.1 Å². The largest absolute Gasteiger partial charge is 0.496 e. The van der Waals surface area contributed by atoms with Gasteiger partial charge in [0, 0.05) is 18.7 Å². The van der Waals surface area contributed by atoms with Gasteiger partial charge < -0.3 is 19.5 Å². The van der Waals surface area contributed by atoms with Gasteiger partial charge in [-0.25, -0.2) is 0 Å². The third-order valence-corrected chi connectivity index (χ3v) is 2.63. The van der Waals surface area contributed by atoms with Crippen LogP contribution in [0.15, 0.2) is 24.3 Å². The second kappa shape index (κ2) is 8.91. The maximum absolute atomic E-state index is 5.85. The maximum Gasteiger partial charge on any atom is 0.124 e. The van der Waals surface area contributed by atoms with Crippen LogP contribution in [0, 0.1) is 0 Å².